The van der Waals surface area contributed by atoms with Gasteiger partial charge in [0.05, 0.1) is 26.2 Å². The van der Waals surface area contributed by atoms with Crippen LogP contribution in [0.4, 0.5) is 0 Å². The molecule has 0 saturated heterocycles. The van der Waals surface area contributed by atoms with Crippen LogP contribution in [0.1, 0.15) is 5.56 Å². The molecule has 1 amide bonds. The van der Waals surface area contributed by atoms with Gasteiger partial charge in [-0.15, -0.1) is 0 Å². The van der Waals surface area contributed by atoms with Crippen LogP contribution < -0.4 is 5.32 Å². The third-order valence-electron chi connectivity index (χ3n) is 3.54. The number of hydrogen-bond donors (Lipinski definition) is 4. The summed E-state index contributed by atoms with van der Waals surface area (Å²) in [6.45, 7) is -1.58. The molecule has 2 aromatic rings. The van der Waals surface area contributed by atoms with Crippen molar-refractivity contribution in [2.45, 2.75) is 12.0 Å². The van der Waals surface area contributed by atoms with E-state index in [1.807, 2.05) is 42.5 Å². The number of fused-ring (bicyclic) bond motifs is 1. The summed E-state index contributed by atoms with van der Waals surface area (Å²) in [5.41, 5.74) is -0.532. The average Bonchev–Trinajstić information content (AvgIpc) is 2.53. The minimum atomic E-state index is -1.39. The molecule has 0 unspecified atom stereocenters. The lowest BCUT2D eigenvalue weighted by Crippen LogP contribution is -2.57. The number of carbonyl (C=O) groups is 1. The standard InChI is InChI=1S/C16H19NO4/c18-9-16(10-19,11-20)17-15(21)8-13-6-3-5-12-4-1-2-7-14(12)13/h1-7,18-20H,8-11H2,(H,17,21). The molecule has 0 atom stereocenters. The normalized spacial score (nSPS) is 11.6. The molecule has 0 saturated carbocycles. The Morgan fingerprint density at radius 1 is 0.952 bits per heavy atom. The van der Waals surface area contributed by atoms with E-state index in [1.165, 1.54) is 0 Å². The third kappa shape index (κ3) is 3.39. The van der Waals surface area contributed by atoms with Gasteiger partial charge >= 0.3 is 0 Å². The van der Waals surface area contributed by atoms with Crippen molar-refractivity contribution in [3.63, 3.8) is 0 Å². The Balaban J connectivity index is 2.19. The monoisotopic (exact) mass is 289 g/mol. The molecule has 0 heterocycles. The van der Waals surface area contributed by atoms with E-state index < -0.39 is 25.4 Å². The average molecular weight is 289 g/mol. The van der Waals surface area contributed by atoms with Gasteiger partial charge in [0.25, 0.3) is 0 Å². The van der Waals surface area contributed by atoms with E-state index >= 15 is 0 Å². The van der Waals surface area contributed by atoms with E-state index in [9.17, 15) is 20.1 Å². The molecule has 2 rings (SSSR count). The lowest BCUT2D eigenvalue weighted by Gasteiger charge is -2.28. The van der Waals surface area contributed by atoms with Crippen LogP contribution in [0.25, 0.3) is 10.8 Å². The molecule has 21 heavy (non-hydrogen) atoms. The minimum Gasteiger partial charge on any atom is -0.394 e. The van der Waals surface area contributed by atoms with E-state index in [4.69, 9.17) is 0 Å². The maximum Gasteiger partial charge on any atom is 0.225 e. The molecule has 0 aliphatic heterocycles. The van der Waals surface area contributed by atoms with Crippen molar-refractivity contribution in [1.82, 2.24) is 5.32 Å². The van der Waals surface area contributed by atoms with E-state index in [-0.39, 0.29) is 12.3 Å². The van der Waals surface area contributed by atoms with Crippen LogP contribution in [-0.2, 0) is 11.2 Å². The highest BCUT2D eigenvalue weighted by molar-refractivity contribution is 5.90. The third-order valence-corrected chi connectivity index (χ3v) is 3.54. The fraction of sp³-hybridized carbons (Fsp3) is 0.312. The number of rotatable bonds is 6. The highest BCUT2D eigenvalue weighted by Crippen LogP contribution is 2.19. The maximum atomic E-state index is 12.1. The summed E-state index contributed by atoms with van der Waals surface area (Å²) in [6.07, 6.45) is 0.114. The number of amides is 1. The number of aliphatic hydroxyl groups excluding tert-OH is 3. The van der Waals surface area contributed by atoms with Gasteiger partial charge in [-0.25, -0.2) is 0 Å². The Kier molecular flexibility index (Phi) is 4.90. The minimum absolute atomic E-state index is 0.114. The van der Waals surface area contributed by atoms with Crippen molar-refractivity contribution in [2.24, 2.45) is 0 Å². The number of hydrogen-bond acceptors (Lipinski definition) is 4. The largest absolute Gasteiger partial charge is 0.394 e. The van der Waals surface area contributed by atoms with Crippen molar-refractivity contribution in [3.8, 4) is 0 Å². The Bertz CT molecular complexity index is 609. The first kappa shape index (κ1) is 15.4. The predicted molar refractivity (Wildman–Crippen MR) is 79.8 cm³/mol. The second-order valence-electron chi connectivity index (χ2n) is 5.12. The van der Waals surface area contributed by atoms with Crippen LogP contribution in [0.3, 0.4) is 0 Å². The van der Waals surface area contributed by atoms with Gasteiger partial charge in [0.15, 0.2) is 0 Å². The van der Waals surface area contributed by atoms with Gasteiger partial charge in [-0.05, 0) is 16.3 Å². The molecule has 0 aliphatic rings. The number of carbonyl (C=O) groups excluding carboxylic acids is 1. The number of nitrogens with one attached hydrogen (secondary N) is 1. The van der Waals surface area contributed by atoms with Gasteiger partial charge < -0.3 is 20.6 Å². The zero-order chi connectivity index (χ0) is 15.3. The summed E-state index contributed by atoms with van der Waals surface area (Å²) in [6, 6.07) is 13.5. The fourth-order valence-electron chi connectivity index (χ4n) is 2.23. The first-order valence-electron chi connectivity index (χ1n) is 6.74. The molecule has 0 radical (unpaired) electrons. The van der Waals surface area contributed by atoms with Gasteiger partial charge in [0.1, 0.15) is 5.54 Å². The van der Waals surface area contributed by atoms with Crippen molar-refractivity contribution in [2.75, 3.05) is 19.8 Å². The molecule has 5 heteroatoms. The molecule has 0 aromatic heterocycles. The highest BCUT2D eigenvalue weighted by atomic mass is 16.3. The number of benzene rings is 2. The van der Waals surface area contributed by atoms with Crippen LogP contribution >= 0.6 is 0 Å². The van der Waals surface area contributed by atoms with E-state index in [0.717, 1.165) is 16.3 Å². The first-order chi connectivity index (χ1) is 10.1. The summed E-state index contributed by atoms with van der Waals surface area (Å²) in [4.78, 5) is 12.1. The van der Waals surface area contributed by atoms with Crippen molar-refractivity contribution < 1.29 is 20.1 Å². The van der Waals surface area contributed by atoms with Gasteiger partial charge in [-0.3, -0.25) is 4.79 Å². The second-order valence-corrected chi connectivity index (χ2v) is 5.12. The zero-order valence-electron chi connectivity index (χ0n) is 11.6. The smallest absolute Gasteiger partial charge is 0.225 e. The SMILES string of the molecule is O=C(Cc1cccc2ccccc12)NC(CO)(CO)CO. The van der Waals surface area contributed by atoms with Gasteiger partial charge in [-0.2, -0.15) is 0 Å². The van der Waals surface area contributed by atoms with Gasteiger partial charge in [-0.1, -0.05) is 42.5 Å². The maximum absolute atomic E-state index is 12.1. The topological polar surface area (TPSA) is 89.8 Å². The molecule has 2 aromatic carbocycles. The van der Waals surface area contributed by atoms with Gasteiger partial charge in [0, 0.05) is 0 Å². The predicted octanol–water partition coefficient (Wildman–Crippen LogP) is 0.214. The van der Waals surface area contributed by atoms with E-state index in [0.29, 0.717) is 0 Å². The lowest BCUT2D eigenvalue weighted by atomic mass is 10.00. The summed E-state index contributed by atoms with van der Waals surface area (Å²) < 4.78 is 0. The Morgan fingerprint density at radius 3 is 2.24 bits per heavy atom. The molecular weight excluding hydrogens is 270 g/mol. The first-order valence-corrected chi connectivity index (χ1v) is 6.74. The summed E-state index contributed by atoms with van der Waals surface area (Å²) in [5, 5.41) is 32.2. The van der Waals surface area contributed by atoms with Crippen molar-refractivity contribution >= 4 is 16.7 Å². The summed E-state index contributed by atoms with van der Waals surface area (Å²) >= 11 is 0. The van der Waals surface area contributed by atoms with Gasteiger partial charge in [0.2, 0.25) is 5.91 Å². The van der Waals surface area contributed by atoms with E-state index in [2.05, 4.69) is 5.32 Å². The highest BCUT2D eigenvalue weighted by Gasteiger charge is 2.29. The van der Waals surface area contributed by atoms with E-state index in [1.54, 1.807) is 0 Å². The lowest BCUT2D eigenvalue weighted by molar-refractivity contribution is -0.124. The summed E-state index contributed by atoms with van der Waals surface area (Å²) in [5.74, 6) is -0.358. The Hall–Kier alpha value is -1.95. The quantitative estimate of drug-likeness (QED) is 0.612. The van der Waals surface area contributed by atoms with Crippen LogP contribution in [0.5, 0.6) is 0 Å². The Labute approximate surface area is 122 Å². The molecular formula is C16H19NO4. The summed E-state index contributed by atoms with van der Waals surface area (Å²) in [7, 11) is 0. The van der Waals surface area contributed by atoms with Crippen molar-refractivity contribution in [3.05, 3.63) is 48.0 Å². The van der Waals surface area contributed by atoms with Crippen LogP contribution in [-0.4, -0.2) is 46.6 Å². The second kappa shape index (κ2) is 6.67. The molecule has 0 bridgehead atoms. The molecule has 4 N–H and O–H groups in total. The van der Waals surface area contributed by atoms with Crippen LogP contribution in [0.2, 0.25) is 0 Å². The molecule has 0 spiro atoms. The van der Waals surface area contributed by atoms with Crippen LogP contribution in [0.15, 0.2) is 42.5 Å². The zero-order valence-corrected chi connectivity index (χ0v) is 11.6. The molecule has 5 nitrogen and oxygen atoms in total. The Morgan fingerprint density at radius 2 is 1.57 bits per heavy atom. The van der Waals surface area contributed by atoms with Crippen molar-refractivity contribution in [1.29, 1.82) is 0 Å². The fourth-order valence-corrected chi connectivity index (χ4v) is 2.23. The molecule has 0 fully saturated rings. The van der Waals surface area contributed by atoms with Crippen LogP contribution in [0, 0.1) is 0 Å². The molecule has 112 valence electrons. The number of aliphatic hydroxyl groups is 3. The molecule has 0 aliphatic carbocycles.